The molecule has 20 heavy (non-hydrogen) atoms. The molecule has 0 aliphatic rings. The first-order chi connectivity index (χ1) is 9.63. The smallest absolute Gasteiger partial charge is 0.161 e. The van der Waals surface area contributed by atoms with E-state index in [9.17, 15) is 0 Å². The molecule has 1 aromatic carbocycles. The largest absolute Gasteiger partial charge is 0.380 e. The maximum Gasteiger partial charge on any atom is 0.161 e. The molecule has 5 nitrogen and oxygen atoms in total. The molecular weight excluding hydrogens is 252 g/mol. The van der Waals surface area contributed by atoms with Gasteiger partial charge in [0.1, 0.15) is 5.82 Å². The highest BCUT2D eigenvalue weighted by Crippen LogP contribution is 2.22. The molecule has 0 atom stereocenters. The Labute approximate surface area is 119 Å². The van der Waals surface area contributed by atoms with Crippen LogP contribution in [0.25, 0.3) is 11.4 Å². The number of ether oxygens (including phenoxy) is 1. The molecule has 1 heterocycles. The standard InChI is InChI=1S/C15H20N4O/c1-10(2)13-8-14(19-16)18-15(17-13)12-6-4-11(5-7-12)9-20-3/h4-8,10H,9,16H2,1-3H3,(H,17,18,19). The van der Waals surface area contributed by atoms with Gasteiger partial charge in [-0.05, 0) is 11.5 Å². The lowest BCUT2D eigenvalue weighted by atomic mass is 10.1. The molecule has 0 bridgehead atoms. The monoisotopic (exact) mass is 272 g/mol. The van der Waals surface area contributed by atoms with Crippen molar-refractivity contribution in [1.29, 1.82) is 0 Å². The summed E-state index contributed by atoms with van der Waals surface area (Å²) >= 11 is 0. The number of nitrogens with zero attached hydrogens (tertiary/aromatic N) is 2. The van der Waals surface area contributed by atoms with Crippen LogP contribution in [0, 0.1) is 0 Å². The Bertz CT molecular complexity index is 567. The number of nitrogen functional groups attached to an aromatic ring is 1. The molecule has 2 aromatic rings. The molecule has 0 unspecified atom stereocenters. The van der Waals surface area contributed by atoms with Gasteiger partial charge in [0.2, 0.25) is 0 Å². The minimum absolute atomic E-state index is 0.316. The SMILES string of the molecule is COCc1ccc(-c2nc(NN)cc(C(C)C)n2)cc1. The Hall–Kier alpha value is -1.98. The summed E-state index contributed by atoms with van der Waals surface area (Å²) in [5.41, 5.74) is 5.64. The number of rotatable bonds is 5. The van der Waals surface area contributed by atoms with Gasteiger partial charge in [-0.3, -0.25) is 0 Å². The predicted octanol–water partition coefficient (Wildman–Crippen LogP) is 2.70. The molecule has 0 aliphatic heterocycles. The summed E-state index contributed by atoms with van der Waals surface area (Å²) in [5, 5.41) is 0. The van der Waals surface area contributed by atoms with Gasteiger partial charge in [-0.1, -0.05) is 38.1 Å². The van der Waals surface area contributed by atoms with E-state index in [1.54, 1.807) is 7.11 Å². The van der Waals surface area contributed by atoms with Crippen molar-refractivity contribution in [2.75, 3.05) is 12.5 Å². The summed E-state index contributed by atoms with van der Waals surface area (Å²) in [4.78, 5) is 8.99. The van der Waals surface area contributed by atoms with Crippen molar-refractivity contribution in [1.82, 2.24) is 9.97 Å². The van der Waals surface area contributed by atoms with Crippen LogP contribution in [0.2, 0.25) is 0 Å². The van der Waals surface area contributed by atoms with Crippen molar-refractivity contribution in [2.24, 2.45) is 5.84 Å². The number of nitrogens with one attached hydrogen (secondary N) is 1. The molecule has 0 fully saturated rings. The quantitative estimate of drug-likeness (QED) is 0.646. The van der Waals surface area contributed by atoms with E-state index in [-0.39, 0.29) is 0 Å². The van der Waals surface area contributed by atoms with Crippen LogP contribution in [-0.2, 0) is 11.3 Å². The second-order valence-electron chi connectivity index (χ2n) is 4.93. The first-order valence-corrected chi connectivity index (χ1v) is 6.58. The molecule has 0 amide bonds. The lowest BCUT2D eigenvalue weighted by Crippen LogP contribution is -2.11. The van der Waals surface area contributed by atoms with Crippen LogP contribution in [0.5, 0.6) is 0 Å². The number of hydrogen-bond donors (Lipinski definition) is 2. The minimum atomic E-state index is 0.316. The van der Waals surface area contributed by atoms with Gasteiger partial charge in [0.05, 0.1) is 6.61 Å². The molecule has 0 saturated heterocycles. The van der Waals surface area contributed by atoms with Crippen molar-refractivity contribution in [3.8, 4) is 11.4 Å². The zero-order valence-electron chi connectivity index (χ0n) is 12.1. The maximum absolute atomic E-state index is 5.47. The highest BCUT2D eigenvalue weighted by molar-refractivity contribution is 5.58. The average Bonchev–Trinajstić information content (AvgIpc) is 2.47. The Morgan fingerprint density at radius 1 is 1.20 bits per heavy atom. The van der Waals surface area contributed by atoms with E-state index in [0.717, 1.165) is 16.8 Å². The first kappa shape index (κ1) is 14.4. The average molecular weight is 272 g/mol. The molecule has 0 aliphatic carbocycles. The van der Waals surface area contributed by atoms with E-state index in [0.29, 0.717) is 24.2 Å². The number of anilines is 1. The van der Waals surface area contributed by atoms with E-state index >= 15 is 0 Å². The van der Waals surface area contributed by atoms with Crippen LogP contribution >= 0.6 is 0 Å². The number of nitrogens with two attached hydrogens (primary N) is 1. The lowest BCUT2D eigenvalue weighted by Gasteiger charge is -2.10. The molecule has 106 valence electrons. The summed E-state index contributed by atoms with van der Waals surface area (Å²) in [6.45, 7) is 4.78. The molecule has 0 radical (unpaired) electrons. The predicted molar refractivity (Wildman–Crippen MR) is 80.1 cm³/mol. The van der Waals surface area contributed by atoms with Gasteiger partial charge in [0, 0.05) is 24.4 Å². The second-order valence-corrected chi connectivity index (χ2v) is 4.93. The molecule has 0 saturated carbocycles. The van der Waals surface area contributed by atoms with Gasteiger partial charge in [-0.15, -0.1) is 0 Å². The molecule has 5 heteroatoms. The summed E-state index contributed by atoms with van der Waals surface area (Å²) in [7, 11) is 1.68. The normalized spacial score (nSPS) is 10.8. The van der Waals surface area contributed by atoms with E-state index < -0.39 is 0 Å². The van der Waals surface area contributed by atoms with Gasteiger partial charge < -0.3 is 10.2 Å². The Balaban J connectivity index is 2.37. The molecule has 0 spiro atoms. The van der Waals surface area contributed by atoms with Gasteiger partial charge in [0.15, 0.2) is 5.82 Å². The van der Waals surface area contributed by atoms with Crippen LogP contribution in [-0.4, -0.2) is 17.1 Å². The fraction of sp³-hybridized carbons (Fsp3) is 0.333. The highest BCUT2D eigenvalue weighted by Gasteiger charge is 2.09. The van der Waals surface area contributed by atoms with Crippen molar-refractivity contribution >= 4 is 5.82 Å². The van der Waals surface area contributed by atoms with Gasteiger partial charge >= 0.3 is 0 Å². The van der Waals surface area contributed by atoms with Crippen LogP contribution in [0.1, 0.15) is 31.0 Å². The summed E-state index contributed by atoms with van der Waals surface area (Å²) in [6.07, 6.45) is 0. The van der Waals surface area contributed by atoms with Crippen molar-refractivity contribution in [3.63, 3.8) is 0 Å². The van der Waals surface area contributed by atoms with E-state index in [2.05, 4.69) is 29.2 Å². The van der Waals surface area contributed by atoms with E-state index in [1.807, 2.05) is 30.3 Å². The molecule has 2 rings (SSSR count). The molecule has 3 N–H and O–H groups in total. The first-order valence-electron chi connectivity index (χ1n) is 6.58. The minimum Gasteiger partial charge on any atom is -0.380 e. The number of hydrogen-bond acceptors (Lipinski definition) is 5. The number of benzene rings is 1. The maximum atomic E-state index is 5.47. The van der Waals surface area contributed by atoms with Gasteiger partial charge in [-0.2, -0.15) is 0 Å². The zero-order valence-corrected chi connectivity index (χ0v) is 12.1. The Morgan fingerprint density at radius 3 is 2.45 bits per heavy atom. The Kier molecular flexibility index (Phi) is 4.65. The van der Waals surface area contributed by atoms with Crippen LogP contribution in [0.4, 0.5) is 5.82 Å². The lowest BCUT2D eigenvalue weighted by molar-refractivity contribution is 0.185. The number of aromatic nitrogens is 2. The third-order valence-electron chi connectivity index (χ3n) is 3.01. The van der Waals surface area contributed by atoms with E-state index in [1.165, 1.54) is 0 Å². The van der Waals surface area contributed by atoms with Crippen molar-refractivity contribution in [2.45, 2.75) is 26.4 Å². The zero-order chi connectivity index (χ0) is 14.5. The van der Waals surface area contributed by atoms with Crippen molar-refractivity contribution < 1.29 is 4.74 Å². The van der Waals surface area contributed by atoms with Gasteiger partial charge in [0.25, 0.3) is 0 Å². The molecular formula is C15H20N4O. The van der Waals surface area contributed by atoms with Gasteiger partial charge in [-0.25, -0.2) is 15.8 Å². The fourth-order valence-corrected chi connectivity index (χ4v) is 1.88. The summed E-state index contributed by atoms with van der Waals surface area (Å²) < 4.78 is 5.10. The summed E-state index contributed by atoms with van der Waals surface area (Å²) in [5.74, 6) is 7.09. The number of methoxy groups -OCH3 is 1. The molecule has 1 aromatic heterocycles. The van der Waals surface area contributed by atoms with Crippen molar-refractivity contribution in [3.05, 3.63) is 41.6 Å². The highest BCUT2D eigenvalue weighted by atomic mass is 16.5. The third kappa shape index (κ3) is 3.31. The Morgan fingerprint density at radius 2 is 1.90 bits per heavy atom. The van der Waals surface area contributed by atoms with Crippen LogP contribution < -0.4 is 11.3 Å². The second kappa shape index (κ2) is 6.45. The van der Waals surface area contributed by atoms with Crippen LogP contribution in [0.15, 0.2) is 30.3 Å². The van der Waals surface area contributed by atoms with E-state index in [4.69, 9.17) is 10.6 Å². The third-order valence-corrected chi connectivity index (χ3v) is 3.01. The number of hydrazine groups is 1. The fourth-order valence-electron chi connectivity index (χ4n) is 1.88. The summed E-state index contributed by atoms with van der Waals surface area (Å²) in [6, 6.07) is 9.88. The van der Waals surface area contributed by atoms with Crippen LogP contribution in [0.3, 0.4) is 0 Å². The topological polar surface area (TPSA) is 73.1 Å².